The fourth-order valence-electron chi connectivity index (χ4n) is 3.09. The van der Waals surface area contributed by atoms with Crippen LogP contribution in [0.15, 0.2) is 66.9 Å². The lowest BCUT2D eigenvalue weighted by Gasteiger charge is -2.23. The van der Waals surface area contributed by atoms with Gasteiger partial charge in [0.2, 0.25) is 0 Å². The van der Waals surface area contributed by atoms with E-state index in [1.165, 1.54) is 7.11 Å². The largest absolute Gasteiger partial charge is 0.486 e. The van der Waals surface area contributed by atoms with Gasteiger partial charge in [0.25, 0.3) is 5.91 Å². The normalized spacial score (nSPS) is 11.0. The number of pyridine rings is 1. The van der Waals surface area contributed by atoms with Crippen LogP contribution in [0.5, 0.6) is 5.75 Å². The highest BCUT2D eigenvalue weighted by atomic mass is 16.5. The Morgan fingerprint density at radius 2 is 1.74 bits per heavy atom. The van der Waals surface area contributed by atoms with Gasteiger partial charge in [0.1, 0.15) is 12.1 Å². The number of methoxy groups -OCH3 is 1. The third-order valence-corrected chi connectivity index (χ3v) is 4.78. The van der Waals surface area contributed by atoms with Crippen molar-refractivity contribution in [2.75, 3.05) is 7.11 Å². The molecule has 1 N–H and O–H groups in total. The molecule has 1 amide bonds. The fourth-order valence-corrected chi connectivity index (χ4v) is 3.09. The Bertz CT molecular complexity index is 1080. The van der Waals surface area contributed by atoms with Crippen LogP contribution in [0.2, 0.25) is 0 Å². The second-order valence-electron chi connectivity index (χ2n) is 7.79. The maximum absolute atomic E-state index is 13.0. The lowest BCUT2D eigenvalue weighted by atomic mass is 10.0. The van der Waals surface area contributed by atoms with Gasteiger partial charge in [-0.3, -0.25) is 4.79 Å². The molecule has 0 radical (unpaired) electrons. The van der Waals surface area contributed by atoms with Crippen molar-refractivity contribution in [3.8, 4) is 16.9 Å². The Kier molecular flexibility index (Phi) is 6.70. The second-order valence-corrected chi connectivity index (χ2v) is 7.79. The van der Waals surface area contributed by atoms with Crippen molar-refractivity contribution >= 4 is 11.9 Å². The second kappa shape index (κ2) is 9.43. The van der Waals surface area contributed by atoms with Crippen LogP contribution in [-0.4, -0.2) is 29.5 Å². The highest BCUT2D eigenvalue weighted by Gasteiger charge is 2.32. The molecule has 1 aromatic heterocycles. The predicted octanol–water partition coefficient (Wildman–Crippen LogP) is 4.32. The van der Waals surface area contributed by atoms with E-state index in [0.29, 0.717) is 5.75 Å². The maximum atomic E-state index is 13.0. The molecule has 0 aliphatic heterocycles. The number of hydrogen-bond donors (Lipinski definition) is 1. The number of aryl methyl sites for hydroxylation is 1. The molecule has 3 rings (SSSR count). The first-order valence-electron chi connectivity index (χ1n) is 9.95. The summed E-state index contributed by atoms with van der Waals surface area (Å²) in [5, 5.41) is 2.67. The number of hydrogen-bond acceptors (Lipinski definition) is 5. The number of esters is 1. The number of benzene rings is 2. The summed E-state index contributed by atoms with van der Waals surface area (Å²) >= 11 is 0. The van der Waals surface area contributed by atoms with Crippen molar-refractivity contribution in [3.63, 3.8) is 0 Å². The zero-order chi connectivity index (χ0) is 22.4. The summed E-state index contributed by atoms with van der Waals surface area (Å²) in [5.41, 5.74) is 2.77. The molecule has 0 saturated heterocycles. The van der Waals surface area contributed by atoms with Crippen LogP contribution in [0.1, 0.15) is 35.5 Å². The third kappa shape index (κ3) is 5.48. The third-order valence-electron chi connectivity index (χ3n) is 4.78. The minimum Gasteiger partial charge on any atom is -0.486 e. The molecule has 0 atom stereocenters. The first-order valence-corrected chi connectivity index (χ1v) is 9.95. The van der Waals surface area contributed by atoms with Crippen LogP contribution < -0.4 is 10.1 Å². The Morgan fingerprint density at radius 3 is 2.42 bits per heavy atom. The molecule has 0 saturated carbocycles. The number of ether oxygens (including phenoxy) is 2. The van der Waals surface area contributed by atoms with Crippen LogP contribution in [-0.2, 0) is 16.1 Å². The first kappa shape index (κ1) is 22.0. The molecule has 3 aromatic rings. The zero-order valence-electron chi connectivity index (χ0n) is 18.1. The van der Waals surface area contributed by atoms with Crippen molar-refractivity contribution in [1.29, 1.82) is 0 Å². The molecule has 0 fully saturated rings. The Morgan fingerprint density at radius 1 is 1.00 bits per heavy atom. The number of carbonyl (C=O) groups is 2. The molecular formula is C25H26N2O4. The van der Waals surface area contributed by atoms with E-state index in [-0.39, 0.29) is 12.3 Å². The van der Waals surface area contributed by atoms with Crippen molar-refractivity contribution in [3.05, 3.63) is 83.7 Å². The molecule has 0 bridgehead atoms. The zero-order valence-corrected chi connectivity index (χ0v) is 18.1. The maximum Gasteiger partial charge on any atom is 0.330 e. The van der Waals surface area contributed by atoms with Crippen molar-refractivity contribution in [2.24, 2.45) is 0 Å². The Labute approximate surface area is 182 Å². The topological polar surface area (TPSA) is 77.5 Å². The van der Waals surface area contributed by atoms with E-state index in [1.807, 2.05) is 61.5 Å². The summed E-state index contributed by atoms with van der Waals surface area (Å²) in [4.78, 5) is 29.3. The van der Waals surface area contributed by atoms with E-state index >= 15 is 0 Å². The average Bonchev–Trinajstić information content (AvgIpc) is 2.77. The molecule has 160 valence electrons. The summed E-state index contributed by atoms with van der Waals surface area (Å²) in [6.07, 6.45) is 1.63. The molecule has 6 nitrogen and oxygen atoms in total. The molecule has 0 aliphatic rings. The smallest absolute Gasteiger partial charge is 0.330 e. The predicted molar refractivity (Wildman–Crippen MR) is 119 cm³/mol. The number of amides is 1. The van der Waals surface area contributed by atoms with Gasteiger partial charge in [0, 0.05) is 11.8 Å². The summed E-state index contributed by atoms with van der Waals surface area (Å²) in [5.74, 6) is -0.737. The van der Waals surface area contributed by atoms with Crippen LogP contribution in [0.4, 0.5) is 0 Å². The monoisotopic (exact) mass is 418 g/mol. The van der Waals surface area contributed by atoms with E-state index < -0.39 is 17.4 Å². The first-order chi connectivity index (χ1) is 14.8. The van der Waals surface area contributed by atoms with Crippen LogP contribution >= 0.6 is 0 Å². The molecule has 31 heavy (non-hydrogen) atoms. The summed E-state index contributed by atoms with van der Waals surface area (Å²) < 4.78 is 10.8. The van der Waals surface area contributed by atoms with Gasteiger partial charge in [-0.25, -0.2) is 9.78 Å². The number of aromatic nitrogens is 1. The number of nitrogens with zero attached hydrogens (tertiary/aromatic N) is 1. The Hall–Kier alpha value is -3.67. The highest BCUT2D eigenvalue weighted by Crippen LogP contribution is 2.27. The van der Waals surface area contributed by atoms with E-state index in [0.717, 1.165) is 22.3 Å². The molecule has 1 heterocycles. The number of nitrogens with one attached hydrogen (secondary N) is 1. The fraction of sp³-hybridized carbons (Fsp3) is 0.240. The molecular weight excluding hydrogens is 392 g/mol. The summed E-state index contributed by atoms with van der Waals surface area (Å²) in [7, 11) is 1.28. The van der Waals surface area contributed by atoms with Crippen molar-refractivity contribution in [2.45, 2.75) is 32.9 Å². The van der Waals surface area contributed by atoms with Crippen molar-refractivity contribution in [1.82, 2.24) is 10.3 Å². The SMILES string of the molecule is COC(=O)C(C)(C)NC(=O)c1ncc(-c2cccc(C)c2)cc1OCc1ccccc1. The van der Waals surface area contributed by atoms with E-state index in [9.17, 15) is 9.59 Å². The lowest BCUT2D eigenvalue weighted by molar-refractivity contribution is -0.146. The number of rotatable bonds is 7. The van der Waals surface area contributed by atoms with Gasteiger partial charge in [0.05, 0.1) is 7.11 Å². The van der Waals surface area contributed by atoms with Crippen LogP contribution in [0.25, 0.3) is 11.1 Å². The van der Waals surface area contributed by atoms with Gasteiger partial charge in [-0.1, -0.05) is 60.2 Å². The molecule has 0 unspecified atom stereocenters. The quantitative estimate of drug-likeness (QED) is 0.578. The van der Waals surface area contributed by atoms with Crippen LogP contribution in [0.3, 0.4) is 0 Å². The van der Waals surface area contributed by atoms with E-state index in [2.05, 4.69) is 10.3 Å². The van der Waals surface area contributed by atoms with Gasteiger partial charge in [-0.05, 0) is 38.0 Å². The highest BCUT2D eigenvalue weighted by molar-refractivity contribution is 5.98. The van der Waals surface area contributed by atoms with Gasteiger partial charge in [-0.15, -0.1) is 0 Å². The average molecular weight is 418 g/mol. The minimum atomic E-state index is -1.21. The summed E-state index contributed by atoms with van der Waals surface area (Å²) in [6.45, 7) is 5.44. The summed E-state index contributed by atoms with van der Waals surface area (Å²) in [6, 6.07) is 19.5. The molecule has 0 spiro atoms. The minimum absolute atomic E-state index is 0.101. The number of carbonyl (C=O) groups excluding carboxylic acids is 2. The van der Waals surface area contributed by atoms with E-state index in [4.69, 9.17) is 9.47 Å². The molecule has 6 heteroatoms. The van der Waals surface area contributed by atoms with Crippen LogP contribution in [0, 0.1) is 6.92 Å². The van der Waals surface area contributed by atoms with Gasteiger partial charge in [0.15, 0.2) is 11.4 Å². The Balaban J connectivity index is 1.94. The van der Waals surface area contributed by atoms with Gasteiger partial charge >= 0.3 is 5.97 Å². The van der Waals surface area contributed by atoms with Gasteiger partial charge in [-0.2, -0.15) is 0 Å². The molecule has 2 aromatic carbocycles. The molecule has 0 aliphatic carbocycles. The standard InChI is InChI=1S/C25H26N2O4/c1-17-9-8-12-19(13-17)20-14-21(31-16-18-10-6-5-7-11-18)22(26-15-20)23(28)27-25(2,3)24(29)30-4/h5-15H,16H2,1-4H3,(H,27,28). The van der Waals surface area contributed by atoms with Crippen molar-refractivity contribution < 1.29 is 19.1 Å². The van der Waals surface area contributed by atoms with E-state index in [1.54, 1.807) is 26.1 Å². The van der Waals surface area contributed by atoms with Gasteiger partial charge < -0.3 is 14.8 Å². The lowest BCUT2D eigenvalue weighted by Crippen LogP contribution is -2.50.